The predicted octanol–water partition coefficient (Wildman–Crippen LogP) is 3.72. The third-order valence-corrected chi connectivity index (χ3v) is 4.40. The summed E-state index contributed by atoms with van der Waals surface area (Å²) >= 11 is 0. The molecule has 1 atom stereocenters. The number of benzene rings is 1. The maximum Gasteiger partial charge on any atom is 0.0431 e. The van der Waals surface area contributed by atoms with E-state index in [-0.39, 0.29) is 5.41 Å². The Hall–Kier alpha value is -0.860. The first-order valence-electron chi connectivity index (χ1n) is 7.95. The molecule has 1 aliphatic rings. The molecule has 1 unspecified atom stereocenters. The van der Waals surface area contributed by atoms with Gasteiger partial charge in [0.2, 0.25) is 0 Å². The zero-order valence-electron chi connectivity index (χ0n) is 13.2. The quantitative estimate of drug-likeness (QED) is 0.885. The molecule has 20 heavy (non-hydrogen) atoms. The first-order chi connectivity index (χ1) is 9.50. The van der Waals surface area contributed by atoms with Crippen LogP contribution in [0.3, 0.4) is 0 Å². The van der Waals surface area contributed by atoms with E-state index < -0.39 is 0 Å². The maximum absolute atomic E-state index is 8.99. The maximum atomic E-state index is 8.99. The van der Waals surface area contributed by atoms with Crippen LogP contribution in [0.1, 0.15) is 57.6 Å². The molecule has 1 heterocycles. The Balaban J connectivity index is 1.95. The van der Waals surface area contributed by atoms with Gasteiger partial charge in [0.1, 0.15) is 0 Å². The largest absolute Gasteiger partial charge is 0.396 e. The average Bonchev–Trinajstić information content (AvgIpc) is 2.83. The standard InChI is InChI=1S/C18H29NO/c1-18(2,3)16-10-8-15(9-11-16)14-19-12-4-6-17(19)7-5-13-20/h8-11,17,20H,4-7,12-14H2,1-3H3. The first-order valence-corrected chi connectivity index (χ1v) is 7.95. The minimum Gasteiger partial charge on any atom is -0.396 e. The van der Waals surface area contributed by atoms with Gasteiger partial charge in [-0.25, -0.2) is 0 Å². The molecule has 1 saturated heterocycles. The predicted molar refractivity (Wildman–Crippen MR) is 84.9 cm³/mol. The van der Waals surface area contributed by atoms with Crippen molar-refractivity contribution in [2.24, 2.45) is 0 Å². The Morgan fingerprint density at radius 3 is 2.50 bits per heavy atom. The van der Waals surface area contributed by atoms with E-state index in [0.29, 0.717) is 12.6 Å². The van der Waals surface area contributed by atoms with E-state index in [1.165, 1.54) is 30.5 Å². The van der Waals surface area contributed by atoms with Crippen LogP contribution in [0, 0.1) is 0 Å². The number of nitrogens with zero attached hydrogens (tertiary/aromatic N) is 1. The summed E-state index contributed by atoms with van der Waals surface area (Å²) in [4.78, 5) is 2.59. The number of hydrogen-bond donors (Lipinski definition) is 1. The second-order valence-electron chi connectivity index (χ2n) is 7.08. The number of hydrogen-bond acceptors (Lipinski definition) is 2. The second-order valence-corrected chi connectivity index (χ2v) is 7.08. The normalized spacial score (nSPS) is 20.5. The van der Waals surface area contributed by atoms with Crippen molar-refractivity contribution in [3.05, 3.63) is 35.4 Å². The number of aliphatic hydroxyl groups is 1. The lowest BCUT2D eigenvalue weighted by Gasteiger charge is -2.25. The fourth-order valence-corrected chi connectivity index (χ4v) is 3.10. The van der Waals surface area contributed by atoms with Crippen LogP contribution in [0.5, 0.6) is 0 Å². The van der Waals surface area contributed by atoms with Crippen LogP contribution in [0.15, 0.2) is 24.3 Å². The summed E-state index contributed by atoms with van der Waals surface area (Å²) in [7, 11) is 0. The van der Waals surface area contributed by atoms with Gasteiger partial charge in [0.05, 0.1) is 0 Å². The smallest absolute Gasteiger partial charge is 0.0431 e. The summed E-state index contributed by atoms with van der Waals surface area (Å²) in [5.74, 6) is 0. The van der Waals surface area contributed by atoms with Crippen LogP contribution in [-0.2, 0) is 12.0 Å². The fraction of sp³-hybridized carbons (Fsp3) is 0.667. The molecule has 0 amide bonds. The van der Waals surface area contributed by atoms with Crippen molar-refractivity contribution in [1.82, 2.24) is 4.90 Å². The fourth-order valence-electron chi connectivity index (χ4n) is 3.10. The molecule has 1 fully saturated rings. The number of likely N-dealkylation sites (tertiary alicyclic amines) is 1. The Bertz CT molecular complexity index is 404. The highest BCUT2D eigenvalue weighted by Crippen LogP contribution is 2.25. The molecule has 0 radical (unpaired) electrons. The molecule has 0 bridgehead atoms. The van der Waals surface area contributed by atoms with Gasteiger partial charge in [-0.1, -0.05) is 45.0 Å². The van der Waals surface area contributed by atoms with Crippen LogP contribution < -0.4 is 0 Å². The lowest BCUT2D eigenvalue weighted by molar-refractivity contribution is 0.210. The van der Waals surface area contributed by atoms with Gasteiger partial charge < -0.3 is 5.11 Å². The Labute approximate surface area is 123 Å². The number of aliphatic hydroxyl groups excluding tert-OH is 1. The van der Waals surface area contributed by atoms with Crippen molar-refractivity contribution in [2.75, 3.05) is 13.2 Å². The average molecular weight is 275 g/mol. The van der Waals surface area contributed by atoms with Crippen LogP contribution in [-0.4, -0.2) is 29.2 Å². The summed E-state index contributed by atoms with van der Waals surface area (Å²) in [5.41, 5.74) is 3.05. The summed E-state index contributed by atoms with van der Waals surface area (Å²) < 4.78 is 0. The van der Waals surface area contributed by atoms with Gasteiger partial charge >= 0.3 is 0 Å². The van der Waals surface area contributed by atoms with Crippen LogP contribution >= 0.6 is 0 Å². The minimum atomic E-state index is 0.232. The van der Waals surface area contributed by atoms with Crippen LogP contribution in [0.2, 0.25) is 0 Å². The Kier molecular flexibility index (Phi) is 5.22. The van der Waals surface area contributed by atoms with Gasteiger partial charge in [-0.05, 0) is 48.8 Å². The molecule has 0 spiro atoms. The molecule has 1 N–H and O–H groups in total. The van der Waals surface area contributed by atoms with Crippen molar-refractivity contribution in [2.45, 2.75) is 64.5 Å². The van der Waals surface area contributed by atoms with Gasteiger partial charge in [0.25, 0.3) is 0 Å². The molecule has 2 nitrogen and oxygen atoms in total. The zero-order valence-corrected chi connectivity index (χ0v) is 13.2. The molecule has 0 aromatic heterocycles. The Morgan fingerprint density at radius 1 is 1.20 bits per heavy atom. The number of rotatable bonds is 5. The molecule has 2 heteroatoms. The van der Waals surface area contributed by atoms with E-state index in [2.05, 4.69) is 49.9 Å². The van der Waals surface area contributed by atoms with Crippen LogP contribution in [0.4, 0.5) is 0 Å². The van der Waals surface area contributed by atoms with E-state index in [9.17, 15) is 0 Å². The zero-order chi connectivity index (χ0) is 14.6. The van der Waals surface area contributed by atoms with Crippen molar-refractivity contribution in [3.63, 3.8) is 0 Å². The summed E-state index contributed by atoms with van der Waals surface area (Å²) in [5, 5.41) is 8.99. The van der Waals surface area contributed by atoms with E-state index in [1.807, 2.05) is 0 Å². The van der Waals surface area contributed by atoms with Gasteiger partial charge in [0.15, 0.2) is 0 Å². The summed E-state index contributed by atoms with van der Waals surface area (Å²) in [6.07, 6.45) is 4.66. The van der Waals surface area contributed by atoms with Crippen molar-refractivity contribution < 1.29 is 5.11 Å². The monoisotopic (exact) mass is 275 g/mol. The van der Waals surface area contributed by atoms with Gasteiger partial charge in [-0.2, -0.15) is 0 Å². The second kappa shape index (κ2) is 6.73. The molecule has 1 aromatic carbocycles. The van der Waals surface area contributed by atoms with Crippen molar-refractivity contribution >= 4 is 0 Å². The van der Waals surface area contributed by atoms with Gasteiger partial charge in [-0.15, -0.1) is 0 Å². The highest BCUT2D eigenvalue weighted by atomic mass is 16.2. The van der Waals surface area contributed by atoms with Crippen molar-refractivity contribution in [3.8, 4) is 0 Å². The van der Waals surface area contributed by atoms with Gasteiger partial charge in [-0.3, -0.25) is 4.90 Å². The first kappa shape index (κ1) is 15.5. The van der Waals surface area contributed by atoms with Crippen molar-refractivity contribution in [1.29, 1.82) is 0 Å². The summed E-state index contributed by atoms with van der Waals surface area (Å²) in [6.45, 7) is 9.36. The molecule has 0 saturated carbocycles. The molecular weight excluding hydrogens is 246 g/mol. The third-order valence-electron chi connectivity index (χ3n) is 4.40. The van der Waals surface area contributed by atoms with Gasteiger partial charge in [0, 0.05) is 19.2 Å². The molecule has 2 rings (SSSR count). The molecule has 112 valence electrons. The highest BCUT2D eigenvalue weighted by Gasteiger charge is 2.23. The summed E-state index contributed by atoms with van der Waals surface area (Å²) in [6, 6.07) is 9.77. The van der Waals surface area contributed by atoms with Crippen LogP contribution in [0.25, 0.3) is 0 Å². The van der Waals surface area contributed by atoms with E-state index in [4.69, 9.17) is 5.11 Å². The third kappa shape index (κ3) is 4.07. The van der Waals surface area contributed by atoms with E-state index in [1.54, 1.807) is 0 Å². The minimum absolute atomic E-state index is 0.232. The SMILES string of the molecule is CC(C)(C)c1ccc(CN2CCCC2CCCO)cc1. The highest BCUT2D eigenvalue weighted by molar-refractivity contribution is 5.27. The molecular formula is C18H29NO. The lowest BCUT2D eigenvalue weighted by atomic mass is 9.87. The van der Waals surface area contributed by atoms with E-state index >= 15 is 0 Å². The Morgan fingerprint density at radius 2 is 1.90 bits per heavy atom. The van der Waals surface area contributed by atoms with E-state index in [0.717, 1.165) is 19.4 Å². The molecule has 0 aliphatic carbocycles. The molecule has 1 aliphatic heterocycles. The lowest BCUT2D eigenvalue weighted by Crippen LogP contribution is -2.29. The topological polar surface area (TPSA) is 23.5 Å². The molecule has 1 aromatic rings.